The van der Waals surface area contributed by atoms with Crippen LogP contribution in [0.1, 0.15) is 15.9 Å². The van der Waals surface area contributed by atoms with Gasteiger partial charge in [-0.3, -0.25) is 9.59 Å². The fraction of sp³-hybridized carbons (Fsp3) is 0.238. The topological polar surface area (TPSA) is 49.9 Å². The summed E-state index contributed by atoms with van der Waals surface area (Å²) in [5.74, 6) is 0.230. The molecular formula is C21H21FN2O3. The highest BCUT2D eigenvalue weighted by atomic mass is 19.1. The van der Waals surface area contributed by atoms with E-state index in [0.717, 1.165) is 5.56 Å². The van der Waals surface area contributed by atoms with Crippen LogP contribution in [-0.4, -0.2) is 54.9 Å². The minimum Gasteiger partial charge on any atom is -0.497 e. The highest BCUT2D eigenvalue weighted by Gasteiger charge is 2.23. The molecule has 0 bridgehead atoms. The van der Waals surface area contributed by atoms with Gasteiger partial charge in [0.15, 0.2) is 0 Å². The number of carbonyl (C=O) groups is 2. The number of nitrogens with zero attached hydrogens (tertiary/aromatic N) is 2. The largest absolute Gasteiger partial charge is 0.497 e. The van der Waals surface area contributed by atoms with Gasteiger partial charge in [0.1, 0.15) is 11.6 Å². The van der Waals surface area contributed by atoms with Gasteiger partial charge in [0.05, 0.1) is 7.11 Å². The van der Waals surface area contributed by atoms with E-state index in [1.54, 1.807) is 59.4 Å². The SMILES string of the molecule is COc1ccc(C(=O)N2CCN(C(=O)C=Cc3ccc(F)cc3)CC2)cc1. The van der Waals surface area contributed by atoms with E-state index in [1.165, 1.54) is 18.2 Å². The Bertz CT molecular complexity index is 824. The van der Waals surface area contributed by atoms with E-state index in [0.29, 0.717) is 37.5 Å². The van der Waals surface area contributed by atoms with Crippen LogP contribution < -0.4 is 4.74 Å². The normalized spacial score (nSPS) is 14.4. The lowest BCUT2D eigenvalue weighted by Crippen LogP contribution is -2.50. The van der Waals surface area contributed by atoms with Crippen LogP contribution in [0.15, 0.2) is 54.6 Å². The van der Waals surface area contributed by atoms with Gasteiger partial charge in [-0.1, -0.05) is 12.1 Å². The van der Waals surface area contributed by atoms with E-state index in [2.05, 4.69) is 0 Å². The van der Waals surface area contributed by atoms with Crippen molar-refractivity contribution in [3.8, 4) is 5.75 Å². The van der Waals surface area contributed by atoms with E-state index in [9.17, 15) is 14.0 Å². The smallest absolute Gasteiger partial charge is 0.253 e. The molecule has 6 heteroatoms. The number of hydrogen-bond acceptors (Lipinski definition) is 3. The molecule has 1 aliphatic heterocycles. The van der Waals surface area contributed by atoms with Crippen molar-refractivity contribution in [1.82, 2.24) is 9.80 Å². The number of rotatable bonds is 4. The summed E-state index contributed by atoms with van der Waals surface area (Å²) in [6, 6.07) is 12.9. The Hall–Kier alpha value is -3.15. The quantitative estimate of drug-likeness (QED) is 0.780. The third-order valence-corrected chi connectivity index (χ3v) is 4.50. The first-order valence-electron chi connectivity index (χ1n) is 8.73. The number of ether oxygens (including phenoxy) is 1. The molecular weight excluding hydrogens is 347 g/mol. The summed E-state index contributed by atoms with van der Waals surface area (Å²) < 4.78 is 18.0. The highest BCUT2D eigenvalue weighted by molar-refractivity contribution is 5.95. The lowest BCUT2D eigenvalue weighted by molar-refractivity contribution is -0.127. The second-order valence-electron chi connectivity index (χ2n) is 6.23. The predicted molar refractivity (Wildman–Crippen MR) is 101 cm³/mol. The van der Waals surface area contributed by atoms with Crippen LogP contribution in [0.25, 0.3) is 6.08 Å². The maximum absolute atomic E-state index is 12.9. The monoisotopic (exact) mass is 368 g/mol. The van der Waals surface area contributed by atoms with Gasteiger partial charge in [-0.05, 0) is 48.0 Å². The summed E-state index contributed by atoms with van der Waals surface area (Å²) in [5.41, 5.74) is 1.37. The van der Waals surface area contributed by atoms with Gasteiger partial charge in [0.2, 0.25) is 5.91 Å². The highest BCUT2D eigenvalue weighted by Crippen LogP contribution is 2.14. The second kappa shape index (κ2) is 8.49. The lowest BCUT2D eigenvalue weighted by atomic mass is 10.1. The van der Waals surface area contributed by atoms with Gasteiger partial charge < -0.3 is 14.5 Å². The molecule has 3 rings (SSSR count). The summed E-state index contributed by atoms with van der Waals surface area (Å²) in [6.07, 6.45) is 3.14. The van der Waals surface area contributed by atoms with E-state index in [4.69, 9.17) is 4.74 Å². The third-order valence-electron chi connectivity index (χ3n) is 4.50. The minimum atomic E-state index is -0.309. The zero-order valence-corrected chi connectivity index (χ0v) is 15.1. The maximum Gasteiger partial charge on any atom is 0.253 e. The van der Waals surface area contributed by atoms with E-state index < -0.39 is 0 Å². The summed E-state index contributed by atoms with van der Waals surface area (Å²) in [4.78, 5) is 28.3. The minimum absolute atomic E-state index is 0.0494. The molecule has 0 saturated carbocycles. The van der Waals surface area contributed by atoms with Crippen LogP contribution in [0, 0.1) is 5.82 Å². The van der Waals surface area contributed by atoms with Gasteiger partial charge in [0.25, 0.3) is 5.91 Å². The van der Waals surface area contributed by atoms with Gasteiger partial charge in [-0.25, -0.2) is 4.39 Å². The molecule has 1 fully saturated rings. The maximum atomic E-state index is 12.9. The molecule has 1 saturated heterocycles. The molecule has 2 aromatic rings. The van der Waals surface area contributed by atoms with Crippen LogP contribution in [0.2, 0.25) is 0 Å². The Morgan fingerprint density at radius 1 is 0.926 bits per heavy atom. The van der Waals surface area contributed by atoms with Gasteiger partial charge >= 0.3 is 0 Å². The van der Waals surface area contributed by atoms with Gasteiger partial charge in [0, 0.05) is 37.8 Å². The lowest BCUT2D eigenvalue weighted by Gasteiger charge is -2.34. The number of halogens is 1. The molecule has 0 unspecified atom stereocenters. The average Bonchev–Trinajstić information content (AvgIpc) is 2.73. The standard InChI is InChI=1S/C21H21FN2O3/c1-27-19-9-5-17(6-10-19)21(26)24-14-12-23(13-15-24)20(25)11-4-16-2-7-18(22)8-3-16/h2-11H,12-15H2,1H3. The molecule has 5 nitrogen and oxygen atoms in total. The van der Waals surface area contributed by atoms with Crippen molar-refractivity contribution in [2.75, 3.05) is 33.3 Å². The first-order chi connectivity index (χ1) is 13.1. The van der Waals surface area contributed by atoms with Crippen LogP contribution in [0.5, 0.6) is 5.75 Å². The Morgan fingerprint density at radius 3 is 2.11 bits per heavy atom. The molecule has 0 spiro atoms. The van der Waals surface area contributed by atoms with Crippen molar-refractivity contribution in [1.29, 1.82) is 0 Å². The second-order valence-corrected chi connectivity index (χ2v) is 6.23. The number of hydrogen-bond donors (Lipinski definition) is 0. The third kappa shape index (κ3) is 4.73. The average molecular weight is 368 g/mol. The van der Waals surface area contributed by atoms with Crippen molar-refractivity contribution in [2.45, 2.75) is 0 Å². The van der Waals surface area contributed by atoms with Gasteiger partial charge in [-0.2, -0.15) is 0 Å². The molecule has 0 radical (unpaired) electrons. The van der Waals surface area contributed by atoms with Crippen molar-refractivity contribution >= 4 is 17.9 Å². The van der Waals surface area contributed by atoms with E-state index in [-0.39, 0.29) is 17.6 Å². The predicted octanol–water partition coefficient (Wildman–Crippen LogP) is 2.83. The zero-order chi connectivity index (χ0) is 19.2. The van der Waals surface area contributed by atoms with Gasteiger partial charge in [-0.15, -0.1) is 0 Å². The molecule has 0 N–H and O–H groups in total. The molecule has 140 valence electrons. The Balaban J connectivity index is 1.53. The molecule has 2 aromatic carbocycles. The Labute approximate surface area is 157 Å². The van der Waals surface area contributed by atoms with Crippen LogP contribution in [0.3, 0.4) is 0 Å². The molecule has 1 aliphatic rings. The summed E-state index contributed by atoms with van der Waals surface area (Å²) in [6.45, 7) is 1.94. The number of methoxy groups -OCH3 is 1. The fourth-order valence-corrected chi connectivity index (χ4v) is 2.89. The summed E-state index contributed by atoms with van der Waals surface area (Å²) in [7, 11) is 1.58. The molecule has 0 aromatic heterocycles. The molecule has 0 atom stereocenters. The van der Waals surface area contributed by atoms with Crippen LogP contribution >= 0.6 is 0 Å². The summed E-state index contributed by atoms with van der Waals surface area (Å²) in [5, 5.41) is 0. The first kappa shape index (κ1) is 18.6. The zero-order valence-electron chi connectivity index (χ0n) is 15.1. The summed E-state index contributed by atoms with van der Waals surface area (Å²) >= 11 is 0. The Morgan fingerprint density at radius 2 is 1.52 bits per heavy atom. The fourth-order valence-electron chi connectivity index (χ4n) is 2.89. The van der Waals surface area contributed by atoms with Crippen molar-refractivity contribution in [3.05, 3.63) is 71.6 Å². The molecule has 27 heavy (non-hydrogen) atoms. The van der Waals surface area contributed by atoms with Crippen LogP contribution in [0.4, 0.5) is 4.39 Å². The molecule has 1 heterocycles. The number of benzene rings is 2. The molecule has 0 aliphatic carbocycles. The van der Waals surface area contributed by atoms with Crippen LogP contribution in [-0.2, 0) is 4.79 Å². The Kier molecular flexibility index (Phi) is 5.86. The van der Waals surface area contributed by atoms with Crippen molar-refractivity contribution < 1.29 is 18.7 Å². The molecule has 2 amide bonds. The number of carbonyl (C=O) groups excluding carboxylic acids is 2. The first-order valence-corrected chi connectivity index (χ1v) is 8.73. The van der Waals surface area contributed by atoms with E-state index >= 15 is 0 Å². The number of amides is 2. The van der Waals surface area contributed by atoms with E-state index in [1.807, 2.05) is 0 Å². The van der Waals surface area contributed by atoms with Crippen molar-refractivity contribution in [3.63, 3.8) is 0 Å². The number of piperazine rings is 1. The van der Waals surface area contributed by atoms with Crippen molar-refractivity contribution in [2.24, 2.45) is 0 Å².